The number of nitro groups is 2. The standard InChI is InChI=1S/C6H6N4O4.C3H7NO/c7-8-5-2-1-4(9(11)12)3-6(5)10(13)14;4-2-1-3-5/h1-3,8H,7H2;3H,1-2,4H2. The molecule has 0 spiro atoms. The first-order chi connectivity index (χ1) is 8.97. The van der Waals surface area contributed by atoms with Crippen molar-refractivity contribution >= 4 is 23.3 Å². The lowest BCUT2D eigenvalue weighted by atomic mass is 10.2. The lowest BCUT2D eigenvalue weighted by Crippen LogP contribution is -2.09. The quantitative estimate of drug-likeness (QED) is 0.297. The molecular formula is C9H13N5O5. The number of rotatable bonds is 5. The van der Waals surface area contributed by atoms with Crippen molar-refractivity contribution in [2.75, 3.05) is 12.0 Å². The summed E-state index contributed by atoms with van der Waals surface area (Å²) in [6, 6.07) is 3.15. The zero-order chi connectivity index (χ0) is 14.8. The number of benzene rings is 1. The maximum Gasteiger partial charge on any atom is 0.300 e. The highest BCUT2D eigenvalue weighted by atomic mass is 16.6. The van der Waals surface area contributed by atoms with Gasteiger partial charge in [0.05, 0.1) is 15.9 Å². The summed E-state index contributed by atoms with van der Waals surface area (Å²) in [6.45, 7) is 0.476. The summed E-state index contributed by atoms with van der Waals surface area (Å²) in [5.74, 6) is 4.99. The molecule has 1 aromatic carbocycles. The summed E-state index contributed by atoms with van der Waals surface area (Å²) in [4.78, 5) is 28.6. The molecule has 0 heterocycles. The number of non-ortho nitro benzene ring substituents is 1. The van der Waals surface area contributed by atoms with E-state index < -0.39 is 15.5 Å². The van der Waals surface area contributed by atoms with Gasteiger partial charge in [-0.2, -0.15) is 0 Å². The topological polar surface area (TPSA) is 167 Å². The SMILES string of the molecule is NCCC=O.NNc1ccc([N+](=O)[O-])cc1[N+](=O)[O-]. The molecule has 0 unspecified atom stereocenters. The van der Waals surface area contributed by atoms with Crippen molar-refractivity contribution in [3.8, 4) is 0 Å². The lowest BCUT2D eigenvalue weighted by Gasteiger charge is -2.00. The minimum Gasteiger partial charge on any atom is -0.330 e. The smallest absolute Gasteiger partial charge is 0.300 e. The number of aldehydes is 1. The molecule has 0 amide bonds. The molecule has 5 N–H and O–H groups in total. The number of anilines is 1. The summed E-state index contributed by atoms with van der Waals surface area (Å²) in [6.07, 6.45) is 1.29. The van der Waals surface area contributed by atoms with Crippen molar-refractivity contribution in [1.82, 2.24) is 0 Å². The number of nitrogens with one attached hydrogen (secondary N) is 1. The minimum absolute atomic E-state index is 0.0283. The van der Waals surface area contributed by atoms with Crippen LogP contribution in [0.4, 0.5) is 17.1 Å². The second-order valence-corrected chi connectivity index (χ2v) is 3.10. The predicted molar refractivity (Wildman–Crippen MR) is 67.3 cm³/mol. The molecule has 0 bridgehead atoms. The number of hydrogen-bond acceptors (Lipinski definition) is 8. The molecule has 104 valence electrons. The Morgan fingerprint density at radius 3 is 2.21 bits per heavy atom. The molecule has 0 aromatic heterocycles. The second kappa shape index (κ2) is 8.49. The molecule has 10 nitrogen and oxygen atoms in total. The van der Waals surface area contributed by atoms with Gasteiger partial charge < -0.3 is 16.0 Å². The fourth-order valence-electron chi connectivity index (χ4n) is 0.975. The molecule has 1 aromatic rings. The van der Waals surface area contributed by atoms with Crippen LogP contribution in [-0.2, 0) is 4.79 Å². The number of nitrogens with two attached hydrogens (primary N) is 2. The third kappa shape index (κ3) is 5.52. The van der Waals surface area contributed by atoms with E-state index in [-0.39, 0.29) is 11.4 Å². The van der Waals surface area contributed by atoms with E-state index in [1.165, 1.54) is 6.07 Å². The van der Waals surface area contributed by atoms with E-state index in [0.29, 0.717) is 13.0 Å². The molecule has 0 radical (unpaired) electrons. The van der Waals surface area contributed by atoms with Gasteiger partial charge in [-0.15, -0.1) is 0 Å². The number of carbonyl (C=O) groups is 1. The normalized spacial score (nSPS) is 8.95. The van der Waals surface area contributed by atoms with Gasteiger partial charge in [0.15, 0.2) is 0 Å². The average molecular weight is 271 g/mol. The summed E-state index contributed by atoms with van der Waals surface area (Å²) in [7, 11) is 0. The molecule has 10 heteroatoms. The van der Waals surface area contributed by atoms with Crippen LogP contribution in [0.15, 0.2) is 18.2 Å². The van der Waals surface area contributed by atoms with E-state index in [1.807, 2.05) is 0 Å². The van der Waals surface area contributed by atoms with Gasteiger partial charge in [-0.05, 0) is 12.6 Å². The number of carbonyl (C=O) groups excluding carboxylic acids is 1. The van der Waals surface area contributed by atoms with Crippen LogP contribution in [0.25, 0.3) is 0 Å². The Balaban J connectivity index is 0.000000555. The second-order valence-electron chi connectivity index (χ2n) is 3.10. The van der Waals surface area contributed by atoms with Gasteiger partial charge in [-0.25, -0.2) is 0 Å². The predicted octanol–water partition coefficient (Wildman–Crippen LogP) is 0.323. The first kappa shape index (κ1) is 16.4. The molecule has 0 aliphatic heterocycles. The fraction of sp³-hybridized carbons (Fsp3) is 0.222. The van der Waals surface area contributed by atoms with Crippen LogP contribution in [-0.4, -0.2) is 22.7 Å². The van der Waals surface area contributed by atoms with Crippen molar-refractivity contribution in [3.05, 3.63) is 38.4 Å². The van der Waals surface area contributed by atoms with Crippen LogP contribution >= 0.6 is 0 Å². The lowest BCUT2D eigenvalue weighted by molar-refractivity contribution is -0.393. The molecular weight excluding hydrogens is 258 g/mol. The Bertz CT molecular complexity index is 464. The Labute approximate surface area is 107 Å². The van der Waals surface area contributed by atoms with Crippen molar-refractivity contribution in [2.45, 2.75) is 6.42 Å². The summed E-state index contributed by atoms with van der Waals surface area (Å²) < 4.78 is 0. The fourth-order valence-corrected chi connectivity index (χ4v) is 0.975. The highest BCUT2D eigenvalue weighted by molar-refractivity contribution is 5.64. The van der Waals surface area contributed by atoms with Gasteiger partial charge in [-0.1, -0.05) is 0 Å². The Hall–Kier alpha value is -2.59. The molecule has 0 saturated carbocycles. The van der Waals surface area contributed by atoms with Gasteiger partial charge in [0.25, 0.3) is 5.69 Å². The third-order valence-corrected chi connectivity index (χ3v) is 1.83. The summed E-state index contributed by atoms with van der Waals surface area (Å²) in [5.41, 5.74) is 6.23. The summed E-state index contributed by atoms with van der Waals surface area (Å²) in [5, 5.41) is 20.7. The van der Waals surface area contributed by atoms with Crippen molar-refractivity contribution in [1.29, 1.82) is 0 Å². The number of nitro benzene ring substituents is 2. The van der Waals surface area contributed by atoms with Crippen LogP contribution in [0.2, 0.25) is 0 Å². The Morgan fingerprint density at radius 1 is 1.26 bits per heavy atom. The highest BCUT2D eigenvalue weighted by Gasteiger charge is 2.18. The van der Waals surface area contributed by atoms with Gasteiger partial charge in [-0.3, -0.25) is 26.1 Å². The van der Waals surface area contributed by atoms with Crippen LogP contribution < -0.4 is 17.0 Å². The zero-order valence-corrected chi connectivity index (χ0v) is 9.81. The van der Waals surface area contributed by atoms with Gasteiger partial charge >= 0.3 is 5.69 Å². The van der Waals surface area contributed by atoms with Crippen LogP contribution in [0.5, 0.6) is 0 Å². The number of hydrazine groups is 1. The van der Waals surface area contributed by atoms with E-state index in [9.17, 15) is 25.0 Å². The van der Waals surface area contributed by atoms with Crippen molar-refractivity contribution < 1.29 is 14.6 Å². The van der Waals surface area contributed by atoms with Crippen molar-refractivity contribution in [3.63, 3.8) is 0 Å². The molecule has 0 atom stereocenters. The zero-order valence-electron chi connectivity index (χ0n) is 9.81. The molecule has 0 saturated heterocycles. The van der Waals surface area contributed by atoms with Gasteiger partial charge in [0.2, 0.25) is 0 Å². The van der Waals surface area contributed by atoms with Crippen LogP contribution in [0.1, 0.15) is 6.42 Å². The number of nitrogens with zero attached hydrogens (tertiary/aromatic N) is 2. The van der Waals surface area contributed by atoms with Gasteiger partial charge in [0.1, 0.15) is 12.0 Å². The van der Waals surface area contributed by atoms with E-state index in [4.69, 9.17) is 11.6 Å². The highest BCUT2D eigenvalue weighted by Crippen LogP contribution is 2.27. The van der Waals surface area contributed by atoms with Crippen LogP contribution in [0, 0.1) is 20.2 Å². The first-order valence-corrected chi connectivity index (χ1v) is 5.01. The van der Waals surface area contributed by atoms with E-state index >= 15 is 0 Å². The molecule has 0 aliphatic rings. The monoisotopic (exact) mass is 271 g/mol. The van der Waals surface area contributed by atoms with E-state index in [0.717, 1.165) is 18.4 Å². The Kier molecular flexibility index (Phi) is 7.34. The molecule has 1 rings (SSSR count). The molecule has 19 heavy (non-hydrogen) atoms. The Morgan fingerprint density at radius 2 is 1.89 bits per heavy atom. The average Bonchev–Trinajstić information content (AvgIpc) is 2.39. The first-order valence-electron chi connectivity index (χ1n) is 5.01. The molecule has 0 aliphatic carbocycles. The van der Waals surface area contributed by atoms with Crippen LogP contribution in [0.3, 0.4) is 0 Å². The third-order valence-electron chi connectivity index (χ3n) is 1.83. The minimum atomic E-state index is -0.748. The number of hydrogen-bond donors (Lipinski definition) is 3. The summed E-state index contributed by atoms with van der Waals surface area (Å²) >= 11 is 0. The number of nitrogen functional groups attached to an aromatic ring is 1. The van der Waals surface area contributed by atoms with E-state index in [2.05, 4.69) is 5.43 Å². The van der Waals surface area contributed by atoms with E-state index in [1.54, 1.807) is 0 Å². The molecule has 0 fully saturated rings. The van der Waals surface area contributed by atoms with Crippen molar-refractivity contribution in [2.24, 2.45) is 11.6 Å². The maximum absolute atomic E-state index is 10.4. The van der Waals surface area contributed by atoms with Gasteiger partial charge in [0, 0.05) is 12.5 Å². The maximum atomic E-state index is 10.4. The largest absolute Gasteiger partial charge is 0.330 e.